The molecule has 0 fully saturated rings. The minimum absolute atomic E-state index is 0.0832. The number of carbonyl (C=O) groups excluding carboxylic acids is 2. The molecular weight excluding hydrogens is 453 g/mol. The number of halogens is 2. The average molecular weight is 474 g/mol. The second kappa shape index (κ2) is 10.5. The summed E-state index contributed by atoms with van der Waals surface area (Å²) in [4.78, 5) is 24.5. The lowest BCUT2D eigenvalue weighted by Crippen LogP contribution is -2.25. The summed E-state index contributed by atoms with van der Waals surface area (Å²) in [5.41, 5.74) is 2.03. The molecule has 0 amide bonds. The van der Waals surface area contributed by atoms with Gasteiger partial charge in [0.25, 0.3) is 0 Å². The molecule has 0 saturated heterocycles. The number of rotatable bonds is 9. The smallest absolute Gasteiger partial charge is 0.153 e. The van der Waals surface area contributed by atoms with Crippen molar-refractivity contribution in [3.05, 3.63) is 86.4 Å². The lowest BCUT2D eigenvalue weighted by molar-refractivity contribution is 0.111. The normalized spacial score (nSPS) is 11.0. The van der Waals surface area contributed by atoms with Crippen molar-refractivity contribution in [1.29, 1.82) is 0 Å². The fourth-order valence-corrected chi connectivity index (χ4v) is 3.92. The molecular formula is C24H21Cl2NO5. The summed E-state index contributed by atoms with van der Waals surface area (Å²) in [6.45, 7) is 0.927. The van der Waals surface area contributed by atoms with Gasteiger partial charge in [-0.2, -0.15) is 0 Å². The highest BCUT2D eigenvalue weighted by Gasteiger charge is 2.17. The van der Waals surface area contributed by atoms with Crippen LogP contribution in [-0.4, -0.2) is 39.3 Å². The standard InChI is InChI=1S/C24H21Cl2NO5/c25-20-7-16(23(31)18(9-20)13-28)11-27(6-5-15-1-3-22(30)4-2-15)12-17-8-21(26)10-19(14-29)24(17)32/h1-4,7-10,13-14,30-32H,5-6,11-12H2. The first-order valence-electron chi connectivity index (χ1n) is 9.74. The summed E-state index contributed by atoms with van der Waals surface area (Å²) in [6, 6.07) is 12.7. The van der Waals surface area contributed by atoms with E-state index in [4.69, 9.17) is 23.2 Å². The molecule has 0 aliphatic rings. The fourth-order valence-electron chi connectivity index (χ4n) is 3.42. The van der Waals surface area contributed by atoms with Gasteiger partial charge in [0.15, 0.2) is 12.6 Å². The molecule has 0 unspecified atom stereocenters. The Bertz CT molecular complexity index is 1070. The molecule has 0 aliphatic carbocycles. The number of phenols is 3. The van der Waals surface area contributed by atoms with E-state index in [0.29, 0.717) is 46.7 Å². The van der Waals surface area contributed by atoms with E-state index in [1.54, 1.807) is 36.4 Å². The molecule has 0 spiro atoms. The van der Waals surface area contributed by atoms with E-state index in [1.807, 2.05) is 4.90 Å². The van der Waals surface area contributed by atoms with Crippen LogP contribution in [0, 0.1) is 0 Å². The van der Waals surface area contributed by atoms with Crippen molar-refractivity contribution in [2.45, 2.75) is 19.5 Å². The number of nitrogens with zero attached hydrogens (tertiary/aromatic N) is 1. The Hall–Kier alpha value is -3.06. The van der Waals surface area contributed by atoms with Crippen LogP contribution in [0.2, 0.25) is 10.0 Å². The van der Waals surface area contributed by atoms with Gasteiger partial charge in [0.2, 0.25) is 0 Å². The second-order valence-electron chi connectivity index (χ2n) is 7.37. The van der Waals surface area contributed by atoms with Crippen molar-refractivity contribution in [2.24, 2.45) is 0 Å². The van der Waals surface area contributed by atoms with Gasteiger partial charge in [0.1, 0.15) is 17.2 Å². The first-order chi connectivity index (χ1) is 15.3. The molecule has 6 nitrogen and oxygen atoms in total. The Kier molecular flexibility index (Phi) is 7.75. The van der Waals surface area contributed by atoms with Gasteiger partial charge in [-0.3, -0.25) is 14.5 Å². The van der Waals surface area contributed by atoms with E-state index in [2.05, 4.69) is 0 Å². The van der Waals surface area contributed by atoms with Gasteiger partial charge in [-0.05, 0) is 48.4 Å². The highest BCUT2D eigenvalue weighted by Crippen LogP contribution is 2.30. The van der Waals surface area contributed by atoms with Crippen LogP contribution in [0.5, 0.6) is 17.2 Å². The Morgan fingerprint density at radius 2 is 1.22 bits per heavy atom. The van der Waals surface area contributed by atoms with Crippen LogP contribution >= 0.6 is 23.2 Å². The van der Waals surface area contributed by atoms with Gasteiger partial charge < -0.3 is 15.3 Å². The fraction of sp³-hybridized carbons (Fsp3) is 0.167. The molecule has 0 atom stereocenters. The van der Waals surface area contributed by atoms with Crippen LogP contribution in [-0.2, 0) is 19.5 Å². The van der Waals surface area contributed by atoms with Crippen LogP contribution in [0.15, 0.2) is 48.5 Å². The van der Waals surface area contributed by atoms with Gasteiger partial charge in [0.05, 0.1) is 11.1 Å². The topological polar surface area (TPSA) is 98.1 Å². The third-order valence-electron chi connectivity index (χ3n) is 5.06. The van der Waals surface area contributed by atoms with E-state index < -0.39 is 0 Å². The van der Waals surface area contributed by atoms with E-state index in [-0.39, 0.29) is 41.5 Å². The van der Waals surface area contributed by atoms with Gasteiger partial charge >= 0.3 is 0 Å². The number of phenolic OH excluding ortho intramolecular Hbond substituents is 3. The molecule has 0 aromatic heterocycles. The minimum atomic E-state index is -0.164. The predicted octanol–water partition coefficient (Wildman–Crippen LogP) is 4.98. The summed E-state index contributed by atoms with van der Waals surface area (Å²) in [7, 11) is 0. The molecule has 0 saturated carbocycles. The Labute approximate surface area is 195 Å². The SMILES string of the molecule is O=Cc1cc(Cl)cc(CN(CCc2ccc(O)cc2)Cc2cc(Cl)cc(C=O)c2O)c1O. The quantitative estimate of drug-likeness (QED) is 0.379. The largest absolute Gasteiger partial charge is 0.508 e. The number of carbonyl (C=O) groups is 2. The maximum Gasteiger partial charge on any atom is 0.153 e. The highest BCUT2D eigenvalue weighted by molar-refractivity contribution is 6.31. The Balaban J connectivity index is 1.92. The number of aromatic hydroxyl groups is 3. The third kappa shape index (κ3) is 5.79. The van der Waals surface area contributed by atoms with Crippen LogP contribution in [0.3, 0.4) is 0 Å². The first kappa shape index (κ1) is 23.6. The molecule has 8 heteroatoms. The summed E-state index contributed by atoms with van der Waals surface area (Å²) >= 11 is 12.2. The maximum absolute atomic E-state index is 11.3. The number of hydrogen-bond acceptors (Lipinski definition) is 6. The summed E-state index contributed by atoms with van der Waals surface area (Å²) in [5.74, 6) is -0.160. The van der Waals surface area contributed by atoms with Crippen molar-refractivity contribution in [2.75, 3.05) is 6.54 Å². The maximum atomic E-state index is 11.3. The van der Waals surface area contributed by atoms with Crippen molar-refractivity contribution in [1.82, 2.24) is 4.90 Å². The zero-order chi connectivity index (χ0) is 23.3. The second-order valence-corrected chi connectivity index (χ2v) is 8.24. The predicted molar refractivity (Wildman–Crippen MR) is 123 cm³/mol. The van der Waals surface area contributed by atoms with Crippen LogP contribution < -0.4 is 0 Å². The van der Waals surface area contributed by atoms with Gasteiger partial charge in [0, 0.05) is 40.8 Å². The Morgan fingerprint density at radius 3 is 1.66 bits per heavy atom. The lowest BCUT2D eigenvalue weighted by atomic mass is 10.1. The summed E-state index contributed by atoms with van der Waals surface area (Å²) in [6.07, 6.45) is 1.67. The number of benzene rings is 3. The van der Waals surface area contributed by atoms with E-state index in [0.717, 1.165) is 5.56 Å². The van der Waals surface area contributed by atoms with E-state index in [1.165, 1.54) is 12.1 Å². The van der Waals surface area contributed by atoms with Crippen LogP contribution in [0.25, 0.3) is 0 Å². The molecule has 3 aromatic rings. The third-order valence-corrected chi connectivity index (χ3v) is 5.50. The molecule has 0 heterocycles. The van der Waals surface area contributed by atoms with Gasteiger partial charge in [-0.15, -0.1) is 0 Å². The van der Waals surface area contributed by atoms with Crippen LogP contribution in [0.1, 0.15) is 37.4 Å². The summed E-state index contributed by atoms with van der Waals surface area (Å²) in [5, 5.41) is 31.0. The summed E-state index contributed by atoms with van der Waals surface area (Å²) < 4.78 is 0. The monoisotopic (exact) mass is 473 g/mol. The number of aldehydes is 2. The van der Waals surface area contributed by atoms with Crippen molar-refractivity contribution >= 4 is 35.8 Å². The lowest BCUT2D eigenvalue weighted by Gasteiger charge is -2.24. The zero-order valence-corrected chi connectivity index (χ0v) is 18.5. The van der Waals surface area contributed by atoms with Gasteiger partial charge in [-0.1, -0.05) is 35.3 Å². The van der Waals surface area contributed by atoms with Crippen molar-refractivity contribution in [3.8, 4) is 17.2 Å². The zero-order valence-electron chi connectivity index (χ0n) is 17.0. The average Bonchev–Trinajstić information content (AvgIpc) is 2.77. The van der Waals surface area contributed by atoms with E-state index >= 15 is 0 Å². The molecule has 0 bridgehead atoms. The molecule has 166 valence electrons. The Morgan fingerprint density at radius 1 is 0.750 bits per heavy atom. The van der Waals surface area contributed by atoms with Gasteiger partial charge in [-0.25, -0.2) is 0 Å². The number of hydrogen-bond donors (Lipinski definition) is 3. The van der Waals surface area contributed by atoms with Crippen molar-refractivity contribution in [3.63, 3.8) is 0 Å². The molecule has 0 radical (unpaired) electrons. The first-order valence-corrected chi connectivity index (χ1v) is 10.5. The molecule has 3 N–H and O–H groups in total. The molecule has 32 heavy (non-hydrogen) atoms. The van der Waals surface area contributed by atoms with Crippen molar-refractivity contribution < 1.29 is 24.9 Å². The molecule has 3 rings (SSSR count). The van der Waals surface area contributed by atoms with Crippen LogP contribution in [0.4, 0.5) is 0 Å². The van der Waals surface area contributed by atoms with E-state index in [9.17, 15) is 24.9 Å². The minimum Gasteiger partial charge on any atom is -0.508 e. The molecule has 3 aromatic carbocycles. The highest BCUT2D eigenvalue weighted by atomic mass is 35.5. The molecule has 0 aliphatic heterocycles.